The first-order valence-corrected chi connectivity index (χ1v) is 9.29. The van der Waals surface area contributed by atoms with Crippen LogP contribution in [0.5, 0.6) is 0 Å². The van der Waals surface area contributed by atoms with E-state index in [9.17, 15) is 9.59 Å². The van der Waals surface area contributed by atoms with Crippen LogP contribution in [0.25, 0.3) is 0 Å². The Labute approximate surface area is 144 Å². The summed E-state index contributed by atoms with van der Waals surface area (Å²) < 4.78 is 0. The van der Waals surface area contributed by atoms with Gasteiger partial charge in [0.25, 0.3) is 5.91 Å². The standard InChI is InChI=1S/C16H21N3O2S2/c1-4-6-11-12(5-2)23-16(18-11)19-14(20)9-17-15(21)13-8-7-10(3)22-13/h7-8H,4-6,9H2,1-3H3,(H,17,21)(H,18,19,20). The minimum Gasteiger partial charge on any atom is -0.342 e. The van der Waals surface area contributed by atoms with Crippen molar-refractivity contribution >= 4 is 39.6 Å². The molecule has 2 N–H and O–H groups in total. The number of anilines is 1. The van der Waals surface area contributed by atoms with E-state index in [1.807, 2.05) is 13.0 Å². The van der Waals surface area contributed by atoms with E-state index in [-0.39, 0.29) is 18.4 Å². The normalized spacial score (nSPS) is 10.6. The molecule has 0 radical (unpaired) electrons. The third-order valence-electron chi connectivity index (χ3n) is 3.21. The number of carbonyl (C=O) groups excluding carboxylic acids is 2. The SMILES string of the molecule is CCCc1nc(NC(=O)CNC(=O)c2ccc(C)s2)sc1CC. The predicted octanol–water partition coefficient (Wildman–Crippen LogP) is 3.40. The lowest BCUT2D eigenvalue weighted by atomic mass is 10.2. The first kappa shape index (κ1) is 17.6. The van der Waals surface area contributed by atoms with Crippen LogP contribution in [0.15, 0.2) is 12.1 Å². The number of rotatable bonds is 7. The van der Waals surface area contributed by atoms with Gasteiger partial charge in [0.15, 0.2) is 5.13 Å². The second-order valence-electron chi connectivity index (χ2n) is 5.13. The van der Waals surface area contributed by atoms with Crippen LogP contribution in [-0.4, -0.2) is 23.3 Å². The summed E-state index contributed by atoms with van der Waals surface area (Å²) in [4.78, 5) is 31.2. The summed E-state index contributed by atoms with van der Waals surface area (Å²) >= 11 is 2.92. The fraction of sp³-hybridized carbons (Fsp3) is 0.438. The maximum absolute atomic E-state index is 12.0. The zero-order valence-corrected chi connectivity index (χ0v) is 15.2. The minimum atomic E-state index is -0.258. The van der Waals surface area contributed by atoms with Crippen LogP contribution < -0.4 is 10.6 Å². The molecule has 0 unspecified atom stereocenters. The van der Waals surface area contributed by atoms with Gasteiger partial charge < -0.3 is 10.6 Å². The number of amides is 2. The zero-order chi connectivity index (χ0) is 16.8. The average Bonchev–Trinajstić information content (AvgIpc) is 3.11. The predicted molar refractivity (Wildman–Crippen MR) is 95.5 cm³/mol. The van der Waals surface area contributed by atoms with Crippen molar-refractivity contribution in [3.63, 3.8) is 0 Å². The number of hydrogen-bond donors (Lipinski definition) is 2. The molecule has 124 valence electrons. The molecule has 0 aliphatic rings. The quantitative estimate of drug-likeness (QED) is 0.803. The topological polar surface area (TPSA) is 71.1 Å². The third-order valence-corrected chi connectivity index (χ3v) is 5.36. The molecule has 2 aromatic rings. The van der Waals surface area contributed by atoms with Gasteiger partial charge >= 0.3 is 0 Å². The summed E-state index contributed by atoms with van der Waals surface area (Å²) in [7, 11) is 0. The molecule has 0 saturated heterocycles. The molecule has 0 bridgehead atoms. The van der Waals surface area contributed by atoms with E-state index in [4.69, 9.17) is 0 Å². The van der Waals surface area contributed by atoms with Crippen molar-refractivity contribution in [1.29, 1.82) is 0 Å². The Morgan fingerprint density at radius 3 is 2.61 bits per heavy atom. The van der Waals surface area contributed by atoms with Gasteiger partial charge in [0.05, 0.1) is 17.1 Å². The van der Waals surface area contributed by atoms with E-state index in [0.29, 0.717) is 10.0 Å². The molecule has 2 heterocycles. The highest BCUT2D eigenvalue weighted by Crippen LogP contribution is 2.24. The lowest BCUT2D eigenvalue weighted by Gasteiger charge is -2.03. The first-order chi connectivity index (χ1) is 11.0. The van der Waals surface area contributed by atoms with Gasteiger partial charge in [0.2, 0.25) is 5.91 Å². The van der Waals surface area contributed by atoms with Crippen LogP contribution in [0.2, 0.25) is 0 Å². The van der Waals surface area contributed by atoms with Gasteiger partial charge in [-0.25, -0.2) is 4.98 Å². The molecule has 0 aromatic carbocycles. The molecule has 5 nitrogen and oxygen atoms in total. The Balaban J connectivity index is 1.88. The molecule has 0 saturated carbocycles. The monoisotopic (exact) mass is 351 g/mol. The number of hydrogen-bond acceptors (Lipinski definition) is 5. The Bertz CT molecular complexity index is 691. The highest BCUT2D eigenvalue weighted by molar-refractivity contribution is 7.16. The molecule has 2 aromatic heterocycles. The van der Waals surface area contributed by atoms with Gasteiger partial charge in [-0.1, -0.05) is 20.3 Å². The first-order valence-electron chi connectivity index (χ1n) is 7.66. The summed E-state index contributed by atoms with van der Waals surface area (Å²) in [5.41, 5.74) is 1.06. The summed E-state index contributed by atoms with van der Waals surface area (Å²) in [6.45, 7) is 6.08. The van der Waals surface area contributed by atoms with E-state index in [1.54, 1.807) is 6.07 Å². The molecule has 7 heteroatoms. The maximum Gasteiger partial charge on any atom is 0.261 e. The summed E-state index contributed by atoms with van der Waals surface area (Å²) in [5, 5.41) is 6.00. The number of thiazole rings is 1. The van der Waals surface area contributed by atoms with E-state index in [2.05, 4.69) is 29.5 Å². The molecule has 0 aliphatic carbocycles. The van der Waals surface area contributed by atoms with Crippen molar-refractivity contribution in [2.75, 3.05) is 11.9 Å². The number of aryl methyl sites for hydroxylation is 3. The highest BCUT2D eigenvalue weighted by Gasteiger charge is 2.13. The smallest absolute Gasteiger partial charge is 0.261 e. The zero-order valence-electron chi connectivity index (χ0n) is 13.6. The van der Waals surface area contributed by atoms with E-state index in [0.717, 1.165) is 29.8 Å². The number of nitrogens with zero attached hydrogens (tertiary/aromatic N) is 1. The van der Waals surface area contributed by atoms with Crippen LogP contribution in [-0.2, 0) is 17.6 Å². The summed E-state index contributed by atoms with van der Waals surface area (Å²) in [6.07, 6.45) is 2.86. The van der Waals surface area contributed by atoms with Crippen LogP contribution in [0.3, 0.4) is 0 Å². The molecular weight excluding hydrogens is 330 g/mol. The van der Waals surface area contributed by atoms with Crippen molar-refractivity contribution in [3.05, 3.63) is 32.5 Å². The average molecular weight is 351 g/mol. The molecule has 0 aliphatic heterocycles. The number of aromatic nitrogens is 1. The second kappa shape index (κ2) is 8.21. The lowest BCUT2D eigenvalue weighted by molar-refractivity contribution is -0.115. The van der Waals surface area contributed by atoms with Gasteiger partial charge in [-0.15, -0.1) is 22.7 Å². The fourth-order valence-electron chi connectivity index (χ4n) is 2.11. The van der Waals surface area contributed by atoms with Gasteiger partial charge in [0.1, 0.15) is 0 Å². The molecule has 23 heavy (non-hydrogen) atoms. The fourth-order valence-corrected chi connectivity index (χ4v) is 3.86. The Morgan fingerprint density at radius 2 is 2.00 bits per heavy atom. The van der Waals surface area contributed by atoms with E-state index in [1.165, 1.54) is 27.6 Å². The van der Waals surface area contributed by atoms with E-state index >= 15 is 0 Å². The lowest BCUT2D eigenvalue weighted by Crippen LogP contribution is -2.32. The molecule has 2 rings (SSSR count). The van der Waals surface area contributed by atoms with Crippen LogP contribution >= 0.6 is 22.7 Å². The molecule has 2 amide bonds. The van der Waals surface area contributed by atoms with Gasteiger partial charge in [0, 0.05) is 9.75 Å². The van der Waals surface area contributed by atoms with E-state index < -0.39 is 0 Å². The van der Waals surface area contributed by atoms with Gasteiger partial charge in [-0.3, -0.25) is 9.59 Å². The van der Waals surface area contributed by atoms with Crippen molar-refractivity contribution in [2.45, 2.75) is 40.0 Å². The third kappa shape index (κ3) is 4.87. The molecule has 0 fully saturated rings. The number of nitrogens with one attached hydrogen (secondary N) is 2. The minimum absolute atomic E-state index is 0.0556. The molecule has 0 spiro atoms. The van der Waals surface area contributed by atoms with Crippen LogP contribution in [0, 0.1) is 6.92 Å². The second-order valence-corrected chi connectivity index (χ2v) is 7.51. The molecule has 0 atom stereocenters. The van der Waals surface area contributed by atoms with Gasteiger partial charge in [-0.05, 0) is 31.9 Å². The Kier molecular flexibility index (Phi) is 6.29. The van der Waals surface area contributed by atoms with Crippen molar-refractivity contribution in [1.82, 2.24) is 10.3 Å². The van der Waals surface area contributed by atoms with Crippen molar-refractivity contribution in [2.24, 2.45) is 0 Å². The number of thiophene rings is 1. The summed E-state index contributed by atoms with van der Waals surface area (Å²) in [5.74, 6) is -0.482. The Morgan fingerprint density at radius 1 is 1.22 bits per heavy atom. The summed E-state index contributed by atoms with van der Waals surface area (Å²) in [6, 6.07) is 3.65. The van der Waals surface area contributed by atoms with Crippen molar-refractivity contribution in [3.8, 4) is 0 Å². The molecular formula is C16H21N3O2S2. The Hall–Kier alpha value is -1.73. The van der Waals surface area contributed by atoms with Crippen LogP contribution in [0.1, 0.15) is 45.4 Å². The maximum atomic E-state index is 12.0. The largest absolute Gasteiger partial charge is 0.342 e. The van der Waals surface area contributed by atoms with Crippen molar-refractivity contribution < 1.29 is 9.59 Å². The highest BCUT2D eigenvalue weighted by atomic mass is 32.1. The van der Waals surface area contributed by atoms with Crippen LogP contribution in [0.4, 0.5) is 5.13 Å². The van der Waals surface area contributed by atoms with Gasteiger partial charge in [-0.2, -0.15) is 0 Å². The number of carbonyl (C=O) groups is 2.